The van der Waals surface area contributed by atoms with Crippen molar-refractivity contribution in [2.24, 2.45) is 5.92 Å². The summed E-state index contributed by atoms with van der Waals surface area (Å²) >= 11 is 0. The molecule has 0 spiro atoms. The van der Waals surface area contributed by atoms with Gasteiger partial charge in [-0.15, -0.1) is 0 Å². The molecule has 1 aliphatic rings. The second-order valence-corrected chi connectivity index (χ2v) is 5.79. The molecule has 1 unspecified atom stereocenters. The summed E-state index contributed by atoms with van der Waals surface area (Å²) in [6.07, 6.45) is 1.15. The van der Waals surface area contributed by atoms with Gasteiger partial charge in [0.2, 0.25) is 0 Å². The minimum absolute atomic E-state index is 0.00525. The third kappa shape index (κ3) is 3.00. The number of hydrogen-bond acceptors (Lipinski definition) is 3. The highest BCUT2D eigenvalue weighted by Gasteiger charge is 2.39. The molecule has 0 bridgehead atoms. The summed E-state index contributed by atoms with van der Waals surface area (Å²) in [7, 11) is 1.65. The Kier molecular flexibility index (Phi) is 3.69. The first-order valence-electron chi connectivity index (χ1n) is 6.56. The molecule has 1 saturated heterocycles. The first-order chi connectivity index (χ1) is 8.92. The van der Waals surface area contributed by atoms with E-state index >= 15 is 0 Å². The van der Waals surface area contributed by atoms with E-state index in [0.29, 0.717) is 0 Å². The lowest BCUT2D eigenvalue weighted by Gasteiger charge is -2.33. The highest BCUT2D eigenvalue weighted by Crippen LogP contribution is 2.38. The average Bonchev–Trinajstić information content (AvgIpc) is 2.63. The number of nitrogens with zero attached hydrogens (tertiary/aromatic N) is 1. The molecule has 1 N–H and O–H groups in total. The van der Waals surface area contributed by atoms with Gasteiger partial charge in [0, 0.05) is 24.2 Å². The summed E-state index contributed by atoms with van der Waals surface area (Å²) in [4.78, 5) is 13.1. The standard InChI is InChI=1S/C15H21NO3/c1-15(2)9-11(8-14(17)18)10-16(15)12-4-6-13(19-3)7-5-12/h4-7,11H,8-10H2,1-3H3,(H,17,18). The molecule has 1 aromatic carbocycles. The van der Waals surface area contributed by atoms with E-state index in [1.807, 2.05) is 24.3 Å². The maximum absolute atomic E-state index is 10.9. The van der Waals surface area contributed by atoms with Crippen molar-refractivity contribution < 1.29 is 14.6 Å². The number of carboxylic acid groups (broad SMARTS) is 1. The van der Waals surface area contributed by atoms with Gasteiger partial charge in [-0.1, -0.05) is 0 Å². The van der Waals surface area contributed by atoms with E-state index in [1.165, 1.54) is 0 Å². The summed E-state index contributed by atoms with van der Waals surface area (Å²) in [6, 6.07) is 7.94. The second-order valence-electron chi connectivity index (χ2n) is 5.79. The molecule has 0 aromatic heterocycles. The van der Waals surface area contributed by atoms with Crippen molar-refractivity contribution >= 4 is 11.7 Å². The smallest absolute Gasteiger partial charge is 0.303 e. The lowest BCUT2D eigenvalue weighted by atomic mass is 9.94. The zero-order chi connectivity index (χ0) is 14.0. The van der Waals surface area contributed by atoms with Crippen LogP contribution in [-0.2, 0) is 4.79 Å². The van der Waals surface area contributed by atoms with Gasteiger partial charge in [-0.25, -0.2) is 0 Å². The highest BCUT2D eigenvalue weighted by molar-refractivity contribution is 5.67. The molecule has 0 radical (unpaired) electrons. The van der Waals surface area contributed by atoms with Crippen LogP contribution in [0, 0.1) is 5.92 Å². The number of carboxylic acids is 1. The van der Waals surface area contributed by atoms with Crippen LogP contribution in [0.5, 0.6) is 5.75 Å². The lowest BCUT2D eigenvalue weighted by Crippen LogP contribution is -2.38. The van der Waals surface area contributed by atoms with Gasteiger partial charge < -0.3 is 14.7 Å². The minimum atomic E-state index is -0.711. The van der Waals surface area contributed by atoms with Gasteiger partial charge in [0.15, 0.2) is 0 Å². The summed E-state index contributed by atoms with van der Waals surface area (Å²) in [5.74, 6) is 0.342. The van der Waals surface area contributed by atoms with Gasteiger partial charge in [0.1, 0.15) is 5.75 Å². The van der Waals surface area contributed by atoms with Gasteiger partial charge >= 0.3 is 5.97 Å². The van der Waals surface area contributed by atoms with Crippen molar-refractivity contribution in [1.82, 2.24) is 0 Å². The predicted octanol–water partition coefficient (Wildman–Crippen LogP) is 2.77. The highest BCUT2D eigenvalue weighted by atomic mass is 16.5. The molecule has 1 aliphatic heterocycles. The molecule has 1 aromatic rings. The van der Waals surface area contributed by atoms with Crippen LogP contribution in [0.2, 0.25) is 0 Å². The minimum Gasteiger partial charge on any atom is -0.497 e. The molecule has 1 atom stereocenters. The number of methoxy groups -OCH3 is 1. The number of aliphatic carboxylic acids is 1. The first-order valence-corrected chi connectivity index (χ1v) is 6.56. The molecule has 1 heterocycles. The molecule has 104 valence electrons. The fraction of sp³-hybridized carbons (Fsp3) is 0.533. The van der Waals surface area contributed by atoms with E-state index in [2.05, 4.69) is 18.7 Å². The topological polar surface area (TPSA) is 49.8 Å². The number of rotatable bonds is 4. The van der Waals surface area contributed by atoms with E-state index in [1.54, 1.807) is 7.11 Å². The molecule has 4 nitrogen and oxygen atoms in total. The van der Waals surface area contributed by atoms with Gasteiger partial charge in [0.25, 0.3) is 0 Å². The van der Waals surface area contributed by atoms with E-state index in [0.717, 1.165) is 24.4 Å². The van der Waals surface area contributed by atoms with Gasteiger partial charge in [-0.3, -0.25) is 4.79 Å². The Hall–Kier alpha value is -1.71. The van der Waals surface area contributed by atoms with Gasteiger partial charge in [-0.2, -0.15) is 0 Å². The van der Waals surface area contributed by atoms with Crippen LogP contribution in [0.15, 0.2) is 24.3 Å². The number of hydrogen-bond donors (Lipinski definition) is 1. The Morgan fingerprint density at radius 2 is 2.05 bits per heavy atom. The summed E-state index contributed by atoms with van der Waals surface area (Å²) in [5, 5.41) is 8.93. The SMILES string of the molecule is COc1ccc(N2CC(CC(=O)O)CC2(C)C)cc1. The molecule has 4 heteroatoms. The van der Waals surface area contributed by atoms with Gasteiger partial charge in [-0.05, 0) is 50.5 Å². The quantitative estimate of drug-likeness (QED) is 0.907. The zero-order valence-electron chi connectivity index (χ0n) is 11.7. The summed E-state index contributed by atoms with van der Waals surface area (Å²) in [5.41, 5.74) is 1.12. The predicted molar refractivity (Wildman–Crippen MR) is 74.8 cm³/mol. The summed E-state index contributed by atoms with van der Waals surface area (Å²) < 4.78 is 5.16. The number of benzene rings is 1. The van der Waals surface area contributed by atoms with Crippen molar-refractivity contribution in [3.8, 4) is 5.75 Å². The third-order valence-corrected chi connectivity index (χ3v) is 3.81. The second kappa shape index (κ2) is 5.11. The maximum atomic E-state index is 10.9. The van der Waals surface area contributed by atoms with Crippen molar-refractivity contribution in [1.29, 1.82) is 0 Å². The number of ether oxygens (including phenoxy) is 1. The largest absolute Gasteiger partial charge is 0.497 e. The summed E-state index contributed by atoms with van der Waals surface area (Å²) in [6.45, 7) is 5.13. The molecule has 2 rings (SSSR count). The Bertz CT molecular complexity index is 453. The van der Waals surface area contributed by atoms with E-state index < -0.39 is 5.97 Å². The average molecular weight is 263 g/mol. The van der Waals surface area contributed by atoms with Gasteiger partial charge in [0.05, 0.1) is 7.11 Å². The van der Waals surface area contributed by atoms with Crippen molar-refractivity contribution in [2.75, 3.05) is 18.6 Å². The Balaban J connectivity index is 2.16. The number of anilines is 1. The Labute approximate surface area is 114 Å². The Morgan fingerprint density at radius 3 is 2.58 bits per heavy atom. The fourth-order valence-corrected chi connectivity index (χ4v) is 2.99. The molecule has 0 aliphatic carbocycles. The van der Waals surface area contributed by atoms with Crippen LogP contribution >= 0.6 is 0 Å². The van der Waals surface area contributed by atoms with E-state index in [9.17, 15) is 4.79 Å². The molecule has 0 amide bonds. The molecular weight excluding hydrogens is 242 g/mol. The monoisotopic (exact) mass is 263 g/mol. The molecular formula is C15H21NO3. The zero-order valence-corrected chi connectivity index (χ0v) is 11.7. The van der Waals surface area contributed by atoms with Crippen molar-refractivity contribution in [3.63, 3.8) is 0 Å². The first kappa shape index (κ1) is 13.7. The molecule has 1 fully saturated rings. The van der Waals surface area contributed by atoms with E-state index in [-0.39, 0.29) is 17.9 Å². The van der Waals surface area contributed by atoms with E-state index in [4.69, 9.17) is 9.84 Å². The van der Waals surface area contributed by atoms with Crippen molar-refractivity contribution in [3.05, 3.63) is 24.3 Å². The van der Waals surface area contributed by atoms with Crippen LogP contribution in [-0.4, -0.2) is 30.3 Å². The van der Waals surface area contributed by atoms with Crippen LogP contribution in [0.4, 0.5) is 5.69 Å². The fourth-order valence-electron chi connectivity index (χ4n) is 2.99. The van der Waals surface area contributed by atoms with Crippen LogP contribution < -0.4 is 9.64 Å². The number of carbonyl (C=O) groups is 1. The molecule has 0 saturated carbocycles. The van der Waals surface area contributed by atoms with Crippen LogP contribution in [0.25, 0.3) is 0 Å². The maximum Gasteiger partial charge on any atom is 0.303 e. The van der Waals surface area contributed by atoms with Crippen LogP contribution in [0.1, 0.15) is 26.7 Å². The van der Waals surface area contributed by atoms with Crippen molar-refractivity contribution in [2.45, 2.75) is 32.2 Å². The normalized spacial score (nSPS) is 21.4. The molecule has 19 heavy (non-hydrogen) atoms. The third-order valence-electron chi connectivity index (χ3n) is 3.81. The lowest BCUT2D eigenvalue weighted by molar-refractivity contribution is -0.137. The Morgan fingerprint density at radius 1 is 1.42 bits per heavy atom. The van der Waals surface area contributed by atoms with Crippen LogP contribution in [0.3, 0.4) is 0 Å².